The zero-order chi connectivity index (χ0) is 15.2. The Bertz CT molecular complexity index is 640. The highest BCUT2D eigenvalue weighted by Crippen LogP contribution is 2.30. The Morgan fingerprint density at radius 2 is 2.00 bits per heavy atom. The number of ether oxygens (including phenoxy) is 2. The molecule has 0 aliphatic heterocycles. The number of aromatic hydroxyl groups is 1. The average Bonchev–Trinajstić information content (AvgIpc) is 2.48. The van der Waals surface area contributed by atoms with Gasteiger partial charge in [-0.05, 0) is 31.2 Å². The van der Waals surface area contributed by atoms with Crippen LogP contribution < -0.4 is 14.8 Å². The van der Waals surface area contributed by atoms with Gasteiger partial charge in [-0.25, -0.2) is 0 Å². The third kappa shape index (κ3) is 3.45. The van der Waals surface area contributed by atoms with E-state index in [-0.39, 0.29) is 17.1 Å². The molecule has 110 valence electrons. The lowest BCUT2D eigenvalue weighted by Gasteiger charge is -2.10. The summed E-state index contributed by atoms with van der Waals surface area (Å²) >= 11 is 0. The first-order chi connectivity index (χ1) is 10.2. The second-order valence-electron chi connectivity index (χ2n) is 4.27. The van der Waals surface area contributed by atoms with Gasteiger partial charge in [-0.3, -0.25) is 4.79 Å². The van der Waals surface area contributed by atoms with Crippen molar-refractivity contribution in [2.45, 2.75) is 6.92 Å². The van der Waals surface area contributed by atoms with E-state index in [9.17, 15) is 9.90 Å². The van der Waals surface area contributed by atoms with Crippen molar-refractivity contribution in [2.24, 2.45) is 0 Å². The van der Waals surface area contributed by atoms with Crippen molar-refractivity contribution in [1.82, 2.24) is 0 Å². The van der Waals surface area contributed by atoms with E-state index >= 15 is 0 Å². The molecule has 0 aromatic heterocycles. The first-order valence-electron chi connectivity index (χ1n) is 6.56. The molecule has 0 atom stereocenters. The molecule has 0 saturated heterocycles. The van der Waals surface area contributed by atoms with Crippen molar-refractivity contribution in [3.63, 3.8) is 0 Å². The number of anilines is 1. The van der Waals surface area contributed by atoms with Gasteiger partial charge in [-0.1, -0.05) is 12.1 Å². The van der Waals surface area contributed by atoms with E-state index in [0.717, 1.165) is 0 Å². The van der Waals surface area contributed by atoms with Gasteiger partial charge in [0.15, 0.2) is 11.5 Å². The van der Waals surface area contributed by atoms with Crippen molar-refractivity contribution in [2.75, 3.05) is 19.0 Å². The van der Waals surface area contributed by atoms with Crippen molar-refractivity contribution >= 4 is 11.6 Å². The van der Waals surface area contributed by atoms with Crippen LogP contribution in [0.5, 0.6) is 17.2 Å². The molecule has 1 amide bonds. The number of carbonyl (C=O) groups is 1. The predicted molar refractivity (Wildman–Crippen MR) is 80.2 cm³/mol. The summed E-state index contributed by atoms with van der Waals surface area (Å²) < 4.78 is 10.4. The number of para-hydroxylation sites is 1. The molecule has 0 spiro atoms. The first-order valence-corrected chi connectivity index (χ1v) is 6.56. The van der Waals surface area contributed by atoms with Gasteiger partial charge in [-0.15, -0.1) is 0 Å². The minimum atomic E-state index is -0.417. The van der Waals surface area contributed by atoms with E-state index in [1.165, 1.54) is 13.2 Å². The van der Waals surface area contributed by atoms with Gasteiger partial charge in [0, 0.05) is 11.8 Å². The zero-order valence-electron chi connectivity index (χ0n) is 11.9. The van der Waals surface area contributed by atoms with Gasteiger partial charge in [0.05, 0.1) is 19.3 Å². The maximum absolute atomic E-state index is 12.2. The summed E-state index contributed by atoms with van der Waals surface area (Å²) in [5.74, 6) is 0.328. The standard InChI is InChI=1S/C16H17NO4/c1-3-21-12-7-4-6-11(10-12)17-16(19)13-8-5-9-14(20-2)15(13)18/h4-10,18H,3H2,1-2H3,(H,17,19). The lowest BCUT2D eigenvalue weighted by molar-refractivity contribution is 0.102. The van der Waals surface area contributed by atoms with Crippen LogP contribution in [-0.4, -0.2) is 24.7 Å². The number of benzene rings is 2. The number of phenolic OH excluding ortho intramolecular Hbond substituents is 1. The largest absolute Gasteiger partial charge is 0.504 e. The average molecular weight is 287 g/mol. The summed E-state index contributed by atoms with van der Waals surface area (Å²) in [6.07, 6.45) is 0. The van der Waals surface area contributed by atoms with Crippen LogP contribution in [0, 0.1) is 0 Å². The second-order valence-corrected chi connectivity index (χ2v) is 4.27. The molecule has 0 aliphatic carbocycles. The summed E-state index contributed by atoms with van der Waals surface area (Å²) in [6, 6.07) is 11.8. The van der Waals surface area contributed by atoms with Crippen LogP contribution >= 0.6 is 0 Å². The summed E-state index contributed by atoms with van der Waals surface area (Å²) in [6.45, 7) is 2.44. The van der Waals surface area contributed by atoms with Crippen molar-refractivity contribution < 1.29 is 19.4 Å². The van der Waals surface area contributed by atoms with E-state index in [1.807, 2.05) is 13.0 Å². The van der Waals surface area contributed by atoms with Gasteiger partial charge >= 0.3 is 0 Å². The molecule has 2 aromatic carbocycles. The van der Waals surface area contributed by atoms with Crippen LogP contribution in [0.15, 0.2) is 42.5 Å². The van der Waals surface area contributed by atoms with Gasteiger partial charge in [0.25, 0.3) is 5.91 Å². The van der Waals surface area contributed by atoms with E-state index in [1.54, 1.807) is 30.3 Å². The smallest absolute Gasteiger partial charge is 0.259 e. The molecule has 2 N–H and O–H groups in total. The highest BCUT2D eigenvalue weighted by atomic mass is 16.5. The molecule has 0 unspecified atom stereocenters. The molecule has 2 rings (SSSR count). The number of carbonyl (C=O) groups excluding carboxylic acids is 1. The van der Waals surface area contributed by atoms with Crippen LogP contribution in [0.25, 0.3) is 0 Å². The summed E-state index contributed by atoms with van der Waals surface area (Å²) in [5, 5.41) is 12.7. The second kappa shape index (κ2) is 6.65. The fourth-order valence-electron chi connectivity index (χ4n) is 1.90. The molecule has 0 fully saturated rings. The molecule has 0 heterocycles. The van der Waals surface area contributed by atoms with Crippen molar-refractivity contribution in [1.29, 1.82) is 0 Å². The quantitative estimate of drug-likeness (QED) is 0.887. The van der Waals surface area contributed by atoms with E-state index in [4.69, 9.17) is 9.47 Å². The van der Waals surface area contributed by atoms with Gasteiger partial charge in [0.1, 0.15) is 5.75 Å². The molecular formula is C16H17NO4. The number of amides is 1. The maximum Gasteiger partial charge on any atom is 0.259 e. The molecule has 0 radical (unpaired) electrons. The topological polar surface area (TPSA) is 67.8 Å². The molecular weight excluding hydrogens is 270 g/mol. The third-order valence-electron chi connectivity index (χ3n) is 2.87. The van der Waals surface area contributed by atoms with E-state index in [2.05, 4.69) is 5.32 Å². The SMILES string of the molecule is CCOc1cccc(NC(=O)c2cccc(OC)c2O)c1. The Morgan fingerprint density at radius 3 is 2.71 bits per heavy atom. The third-order valence-corrected chi connectivity index (χ3v) is 2.87. The Labute approximate surface area is 123 Å². The van der Waals surface area contributed by atoms with Gasteiger partial charge in [-0.2, -0.15) is 0 Å². The fourth-order valence-corrected chi connectivity index (χ4v) is 1.90. The van der Waals surface area contributed by atoms with Crippen molar-refractivity contribution in [3.05, 3.63) is 48.0 Å². The first kappa shape index (κ1) is 14.7. The van der Waals surface area contributed by atoms with Crippen molar-refractivity contribution in [3.8, 4) is 17.2 Å². The number of hydrogen-bond acceptors (Lipinski definition) is 4. The minimum absolute atomic E-state index is 0.149. The number of methoxy groups -OCH3 is 1. The monoisotopic (exact) mass is 287 g/mol. The van der Waals surface area contributed by atoms with E-state index in [0.29, 0.717) is 18.0 Å². The molecule has 2 aromatic rings. The number of hydrogen-bond donors (Lipinski definition) is 2. The Balaban J connectivity index is 2.20. The summed E-state index contributed by atoms with van der Waals surface area (Å²) in [4.78, 5) is 12.2. The normalized spacial score (nSPS) is 10.0. The predicted octanol–water partition coefficient (Wildman–Crippen LogP) is 3.05. The Morgan fingerprint density at radius 1 is 1.24 bits per heavy atom. The molecule has 0 bridgehead atoms. The van der Waals surface area contributed by atoms with Crippen LogP contribution in [0.2, 0.25) is 0 Å². The van der Waals surface area contributed by atoms with Crippen LogP contribution in [0.4, 0.5) is 5.69 Å². The Kier molecular flexibility index (Phi) is 4.66. The summed E-state index contributed by atoms with van der Waals surface area (Å²) in [5.41, 5.74) is 0.740. The molecule has 5 nitrogen and oxygen atoms in total. The number of nitrogens with one attached hydrogen (secondary N) is 1. The minimum Gasteiger partial charge on any atom is -0.504 e. The molecule has 0 saturated carbocycles. The molecule has 5 heteroatoms. The molecule has 21 heavy (non-hydrogen) atoms. The number of rotatable bonds is 5. The highest BCUT2D eigenvalue weighted by Gasteiger charge is 2.15. The zero-order valence-corrected chi connectivity index (χ0v) is 11.9. The lowest BCUT2D eigenvalue weighted by atomic mass is 10.1. The van der Waals surface area contributed by atoms with Gasteiger partial charge < -0.3 is 19.9 Å². The Hall–Kier alpha value is -2.69. The van der Waals surface area contributed by atoms with Gasteiger partial charge in [0.2, 0.25) is 0 Å². The van der Waals surface area contributed by atoms with E-state index < -0.39 is 5.91 Å². The van der Waals surface area contributed by atoms with Crippen LogP contribution in [-0.2, 0) is 0 Å². The highest BCUT2D eigenvalue weighted by molar-refractivity contribution is 6.06. The maximum atomic E-state index is 12.2. The lowest BCUT2D eigenvalue weighted by Crippen LogP contribution is -2.12. The van der Waals surface area contributed by atoms with Crippen LogP contribution in [0.1, 0.15) is 17.3 Å². The fraction of sp³-hybridized carbons (Fsp3) is 0.188. The van der Waals surface area contributed by atoms with Crippen LogP contribution in [0.3, 0.4) is 0 Å². The molecule has 0 aliphatic rings. The number of phenols is 1. The summed E-state index contributed by atoms with van der Waals surface area (Å²) in [7, 11) is 1.43.